The highest BCUT2D eigenvalue weighted by Gasteiger charge is 2.14. The maximum Gasteiger partial charge on any atom is 0.271 e. The fraction of sp³-hybridized carbons (Fsp3) is 0.125. The highest BCUT2D eigenvalue weighted by Crippen LogP contribution is 2.37. The third-order valence-corrected chi connectivity index (χ3v) is 4.77. The average Bonchev–Trinajstić information content (AvgIpc) is 2.88. The fourth-order valence-electron chi connectivity index (χ4n) is 3.11. The first-order valence-electron chi connectivity index (χ1n) is 10.2. The second-order valence-corrected chi connectivity index (χ2v) is 7.00. The highest BCUT2D eigenvalue weighted by molar-refractivity contribution is 6.05. The minimum Gasteiger partial charge on any atom is -0.493 e. The van der Waals surface area contributed by atoms with E-state index >= 15 is 0 Å². The van der Waals surface area contributed by atoms with Gasteiger partial charge in [0.15, 0.2) is 11.5 Å². The van der Waals surface area contributed by atoms with E-state index in [1.165, 1.54) is 57.9 Å². The lowest BCUT2D eigenvalue weighted by atomic mass is 10.1. The number of nitro groups is 1. The number of rotatable bonds is 9. The van der Waals surface area contributed by atoms with Gasteiger partial charge >= 0.3 is 0 Å². The van der Waals surface area contributed by atoms with Gasteiger partial charge in [-0.25, -0.2) is 5.43 Å². The van der Waals surface area contributed by atoms with Crippen molar-refractivity contribution >= 4 is 29.4 Å². The summed E-state index contributed by atoms with van der Waals surface area (Å²) in [4.78, 5) is 35.3. The van der Waals surface area contributed by atoms with Crippen molar-refractivity contribution in [1.82, 2.24) is 5.43 Å². The van der Waals surface area contributed by atoms with Gasteiger partial charge in [-0.15, -0.1) is 0 Å². The summed E-state index contributed by atoms with van der Waals surface area (Å²) >= 11 is 0. The SMILES string of the molecule is COc1cc(/C=N\NC(=O)c2cccc(NC(=O)c3cccc([N+](=O)[O-])c3)c2)cc(OC)c1OC. The molecule has 3 aromatic carbocycles. The van der Waals surface area contributed by atoms with Crippen LogP contribution in [0.3, 0.4) is 0 Å². The number of hydrogen-bond acceptors (Lipinski definition) is 8. The highest BCUT2D eigenvalue weighted by atomic mass is 16.6. The molecule has 0 unspecified atom stereocenters. The summed E-state index contributed by atoms with van der Waals surface area (Å²) in [5.74, 6) is 0.241. The van der Waals surface area contributed by atoms with E-state index in [1.807, 2.05) is 0 Å². The minimum atomic E-state index is -0.583. The number of non-ortho nitro benzene ring substituents is 1. The molecule has 0 bridgehead atoms. The monoisotopic (exact) mass is 478 g/mol. The molecular formula is C24H22N4O7. The molecule has 0 aromatic heterocycles. The summed E-state index contributed by atoms with van der Waals surface area (Å²) < 4.78 is 15.9. The third kappa shape index (κ3) is 6.11. The van der Waals surface area contributed by atoms with E-state index in [0.717, 1.165) is 0 Å². The van der Waals surface area contributed by atoms with Crippen molar-refractivity contribution < 1.29 is 28.7 Å². The van der Waals surface area contributed by atoms with Gasteiger partial charge in [0.05, 0.1) is 32.5 Å². The zero-order chi connectivity index (χ0) is 25.4. The van der Waals surface area contributed by atoms with Gasteiger partial charge in [-0.2, -0.15) is 5.10 Å². The second kappa shape index (κ2) is 11.3. The first kappa shape index (κ1) is 24.7. The summed E-state index contributed by atoms with van der Waals surface area (Å²) in [5.41, 5.74) is 3.50. The average molecular weight is 478 g/mol. The Balaban J connectivity index is 1.69. The van der Waals surface area contributed by atoms with Gasteiger partial charge in [0.1, 0.15) is 0 Å². The summed E-state index contributed by atoms with van der Waals surface area (Å²) in [5, 5.41) is 17.5. The van der Waals surface area contributed by atoms with Crippen LogP contribution >= 0.6 is 0 Å². The molecule has 11 nitrogen and oxygen atoms in total. The predicted octanol–water partition coefficient (Wildman–Crippen LogP) is 3.64. The van der Waals surface area contributed by atoms with Crippen LogP contribution in [0.1, 0.15) is 26.3 Å². The maximum absolute atomic E-state index is 12.5. The van der Waals surface area contributed by atoms with Gasteiger partial charge in [-0.05, 0) is 36.4 Å². The van der Waals surface area contributed by atoms with E-state index in [2.05, 4.69) is 15.8 Å². The Hall–Kier alpha value is -4.93. The molecule has 0 saturated carbocycles. The Morgan fingerprint density at radius 1 is 0.886 bits per heavy atom. The lowest BCUT2D eigenvalue weighted by Gasteiger charge is -2.12. The summed E-state index contributed by atoms with van der Waals surface area (Å²) in [6, 6.07) is 14.9. The Morgan fingerprint density at radius 3 is 2.11 bits per heavy atom. The maximum atomic E-state index is 12.5. The molecule has 180 valence electrons. The van der Waals surface area contributed by atoms with Crippen molar-refractivity contribution in [3.05, 3.63) is 87.5 Å². The molecule has 0 saturated heterocycles. The minimum absolute atomic E-state index is 0.115. The van der Waals surface area contributed by atoms with E-state index in [9.17, 15) is 19.7 Å². The zero-order valence-electron chi connectivity index (χ0n) is 19.1. The molecule has 3 aromatic rings. The Morgan fingerprint density at radius 2 is 1.51 bits per heavy atom. The number of carbonyl (C=O) groups is 2. The number of ether oxygens (including phenoxy) is 3. The molecule has 0 spiro atoms. The summed E-state index contributed by atoms with van der Waals surface area (Å²) in [6.45, 7) is 0. The smallest absolute Gasteiger partial charge is 0.271 e. The van der Waals surface area contributed by atoms with Crippen molar-refractivity contribution in [2.45, 2.75) is 0 Å². The number of nitro benzene ring substituents is 1. The van der Waals surface area contributed by atoms with E-state index < -0.39 is 16.7 Å². The number of methoxy groups -OCH3 is 3. The van der Waals surface area contributed by atoms with Crippen LogP contribution in [0.25, 0.3) is 0 Å². The van der Waals surface area contributed by atoms with Gasteiger partial charge < -0.3 is 19.5 Å². The molecule has 0 aliphatic rings. The molecule has 0 atom stereocenters. The number of carbonyl (C=O) groups excluding carboxylic acids is 2. The van der Waals surface area contributed by atoms with Gasteiger partial charge in [0, 0.05) is 34.5 Å². The predicted molar refractivity (Wildman–Crippen MR) is 129 cm³/mol. The van der Waals surface area contributed by atoms with Crippen LogP contribution in [0.15, 0.2) is 65.8 Å². The Bertz CT molecular complexity index is 1270. The topological polar surface area (TPSA) is 141 Å². The first-order chi connectivity index (χ1) is 16.9. The summed E-state index contributed by atoms with van der Waals surface area (Å²) in [7, 11) is 4.48. The molecular weight excluding hydrogens is 456 g/mol. The molecule has 0 heterocycles. The number of hydrazone groups is 1. The van der Waals surface area contributed by atoms with Crippen LogP contribution in [0, 0.1) is 10.1 Å². The third-order valence-electron chi connectivity index (χ3n) is 4.77. The molecule has 0 fully saturated rings. The number of amides is 2. The number of nitrogens with one attached hydrogen (secondary N) is 2. The Labute approximate surface area is 200 Å². The summed E-state index contributed by atoms with van der Waals surface area (Å²) in [6.07, 6.45) is 1.41. The molecule has 0 radical (unpaired) electrons. The first-order valence-corrected chi connectivity index (χ1v) is 10.2. The molecule has 35 heavy (non-hydrogen) atoms. The van der Waals surface area contributed by atoms with E-state index in [0.29, 0.717) is 28.5 Å². The second-order valence-electron chi connectivity index (χ2n) is 7.00. The van der Waals surface area contributed by atoms with Gasteiger partial charge in [0.2, 0.25) is 5.75 Å². The van der Waals surface area contributed by atoms with E-state index in [4.69, 9.17) is 14.2 Å². The quantitative estimate of drug-likeness (QED) is 0.272. The number of hydrogen-bond donors (Lipinski definition) is 2. The largest absolute Gasteiger partial charge is 0.493 e. The van der Waals surface area contributed by atoms with Crippen molar-refractivity contribution in [3.63, 3.8) is 0 Å². The van der Waals surface area contributed by atoms with Crippen molar-refractivity contribution in [1.29, 1.82) is 0 Å². The van der Waals surface area contributed by atoms with Crippen LogP contribution in [0.2, 0.25) is 0 Å². The molecule has 11 heteroatoms. The van der Waals surface area contributed by atoms with Gasteiger partial charge in [-0.3, -0.25) is 19.7 Å². The number of anilines is 1. The lowest BCUT2D eigenvalue weighted by Crippen LogP contribution is -2.18. The number of nitrogens with zero attached hydrogens (tertiary/aromatic N) is 2. The standard InChI is InChI=1S/C24H22N4O7/c1-33-20-10-15(11-21(34-2)22(20)35-3)14-25-27-24(30)16-6-4-8-18(12-16)26-23(29)17-7-5-9-19(13-17)28(31)32/h4-14H,1-3H3,(H,26,29)(H,27,30)/b25-14-. The Kier molecular flexibility index (Phi) is 7.96. The van der Waals surface area contributed by atoms with Crippen LogP contribution in [0.4, 0.5) is 11.4 Å². The van der Waals surface area contributed by atoms with E-state index in [-0.39, 0.29) is 16.8 Å². The van der Waals surface area contributed by atoms with Crippen LogP contribution in [-0.4, -0.2) is 44.3 Å². The van der Waals surface area contributed by atoms with Crippen LogP contribution in [-0.2, 0) is 0 Å². The molecule has 0 aliphatic heterocycles. The van der Waals surface area contributed by atoms with Gasteiger partial charge in [0.25, 0.3) is 17.5 Å². The van der Waals surface area contributed by atoms with Crippen LogP contribution < -0.4 is 25.0 Å². The van der Waals surface area contributed by atoms with Crippen molar-refractivity contribution in [2.75, 3.05) is 26.6 Å². The molecule has 2 N–H and O–H groups in total. The van der Waals surface area contributed by atoms with E-state index in [1.54, 1.807) is 30.3 Å². The zero-order valence-corrected chi connectivity index (χ0v) is 19.1. The number of benzene rings is 3. The lowest BCUT2D eigenvalue weighted by molar-refractivity contribution is -0.384. The van der Waals surface area contributed by atoms with Crippen LogP contribution in [0.5, 0.6) is 17.2 Å². The molecule has 0 aliphatic carbocycles. The normalized spacial score (nSPS) is 10.5. The molecule has 3 rings (SSSR count). The fourth-order valence-corrected chi connectivity index (χ4v) is 3.11. The van der Waals surface area contributed by atoms with Gasteiger partial charge in [-0.1, -0.05) is 12.1 Å². The molecule has 2 amide bonds. The van der Waals surface area contributed by atoms with Crippen molar-refractivity contribution in [2.24, 2.45) is 5.10 Å². The van der Waals surface area contributed by atoms with Crippen molar-refractivity contribution in [3.8, 4) is 17.2 Å².